The smallest absolute Gasteiger partial charge is 0.167 e. The SMILES string of the molecule is Cn1nnc(CC(CCl)Cc2ccc(Cl)cc2)n1. The second-order valence-electron chi connectivity index (χ2n) is 4.25. The second-order valence-corrected chi connectivity index (χ2v) is 5.00. The number of tetrazole rings is 1. The van der Waals surface area contributed by atoms with Gasteiger partial charge in [0.25, 0.3) is 0 Å². The highest BCUT2D eigenvalue weighted by atomic mass is 35.5. The molecule has 1 aromatic heterocycles. The molecule has 0 saturated heterocycles. The number of hydrogen-bond donors (Lipinski definition) is 0. The van der Waals surface area contributed by atoms with Gasteiger partial charge < -0.3 is 0 Å². The molecule has 96 valence electrons. The predicted octanol–water partition coefficient (Wildman–Crippen LogP) is 2.50. The molecule has 1 aromatic carbocycles. The standard InChI is InChI=1S/C12H14Cl2N4/c1-18-16-12(15-17-18)7-10(8-13)6-9-2-4-11(14)5-3-9/h2-5,10H,6-8H2,1H3. The summed E-state index contributed by atoms with van der Waals surface area (Å²) in [5.41, 5.74) is 1.22. The van der Waals surface area contributed by atoms with Gasteiger partial charge in [0.2, 0.25) is 0 Å². The van der Waals surface area contributed by atoms with Crippen LogP contribution in [-0.2, 0) is 19.9 Å². The van der Waals surface area contributed by atoms with Gasteiger partial charge in [-0.25, -0.2) is 0 Å². The van der Waals surface area contributed by atoms with Crippen molar-refractivity contribution >= 4 is 23.2 Å². The molecular formula is C12H14Cl2N4. The summed E-state index contributed by atoms with van der Waals surface area (Å²) in [5, 5.41) is 12.7. The molecule has 0 aliphatic heterocycles. The highest BCUT2D eigenvalue weighted by Gasteiger charge is 2.13. The fourth-order valence-corrected chi connectivity index (χ4v) is 2.14. The van der Waals surface area contributed by atoms with Crippen molar-refractivity contribution in [2.24, 2.45) is 13.0 Å². The molecule has 0 amide bonds. The van der Waals surface area contributed by atoms with Crippen LogP contribution in [0.25, 0.3) is 0 Å². The topological polar surface area (TPSA) is 43.6 Å². The van der Waals surface area contributed by atoms with Gasteiger partial charge in [-0.1, -0.05) is 23.7 Å². The number of aromatic nitrogens is 4. The normalized spacial score (nSPS) is 12.6. The largest absolute Gasteiger partial charge is 0.175 e. The molecule has 2 rings (SSSR count). The van der Waals surface area contributed by atoms with Gasteiger partial charge in [0.05, 0.1) is 7.05 Å². The first-order chi connectivity index (χ1) is 8.67. The molecule has 0 fully saturated rings. The Hall–Kier alpha value is -1.13. The minimum atomic E-state index is 0.303. The highest BCUT2D eigenvalue weighted by Crippen LogP contribution is 2.16. The lowest BCUT2D eigenvalue weighted by molar-refractivity contribution is 0.560. The van der Waals surface area contributed by atoms with Gasteiger partial charge in [-0.15, -0.1) is 21.8 Å². The molecule has 0 N–H and O–H groups in total. The molecule has 18 heavy (non-hydrogen) atoms. The third kappa shape index (κ3) is 3.68. The van der Waals surface area contributed by atoms with E-state index in [1.807, 2.05) is 24.3 Å². The average Bonchev–Trinajstić information content (AvgIpc) is 2.77. The first kappa shape index (κ1) is 13.3. The molecule has 2 aromatic rings. The van der Waals surface area contributed by atoms with Crippen molar-refractivity contribution in [1.82, 2.24) is 20.2 Å². The van der Waals surface area contributed by atoms with Crippen LogP contribution in [0.4, 0.5) is 0 Å². The van der Waals surface area contributed by atoms with E-state index in [1.165, 1.54) is 10.4 Å². The van der Waals surface area contributed by atoms with Crippen molar-refractivity contribution in [2.75, 3.05) is 5.88 Å². The summed E-state index contributed by atoms with van der Waals surface area (Å²) >= 11 is 11.9. The van der Waals surface area contributed by atoms with E-state index in [-0.39, 0.29) is 0 Å². The third-order valence-electron chi connectivity index (χ3n) is 2.68. The number of alkyl halides is 1. The van der Waals surface area contributed by atoms with E-state index in [9.17, 15) is 0 Å². The van der Waals surface area contributed by atoms with Gasteiger partial charge in [-0.2, -0.15) is 4.80 Å². The van der Waals surface area contributed by atoms with E-state index >= 15 is 0 Å². The number of halogens is 2. The summed E-state index contributed by atoms with van der Waals surface area (Å²) < 4.78 is 0. The number of rotatable bonds is 5. The van der Waals surface area contributed by atoms with Crippen LogP contribution in [0, 0.1) is 5.92 Å². The first-order valence-electron chi connectivity index (χ1n) is 5.70. The average molecular weight is 285 g/mol. The van der Waals surface area contributed by atoms with Gasteiger partial charge in [0.1, 0.15) is 0 Å². The van der Waals surface area contributed by atoms with Crippen LogP contribution in [0.2, 0.25) is 5.02 Å². The number of aryl methyl sites for hydroxylation is 1. The Bertz CT molecular complexity index is 495. The molecular weight excluding hydrogens is 271 g/mol. The van der Waals surface area contributed by atoms with Crippen LogP contribution >= 0.6 is 23.2 Å². The number of hydrogen-bond acceptors (Lipinski definition) is 3. The number of benzene rings is 1. The minimum absolute atomic E-state index is 0.303. The molecule has 4 nitrogen and oxygen atoms in total. The van der Waals surface area contributed by atoms with Crippen molar-refractivity contribution < 1.29 is 0 Å². The van der Waals surface area contributed by atoms with Crippen molar-refractivity contribution in [1.29, 1.82) is 0 Å². The van der Waals surface area contributed by atoms with Gasteiger partial charge in [0, 0.05) is 17.3 Å². The van der Waals surface area contributed by atoms with Crippen LogP contribution in [0.1, 0.15) is 11.4 Å². The van der Waals surface area contributed by atoms with E-state index in [2.05, 4.69) is 15.4 Å². The number of nitrogens with zero attached hydrogens (tertiary/aromatic N) is 4. The minimum Gasteiger partial charge on any atom is -0.167 e. The molecule has 0 aliphatic rings. The van der Waals surface area contributed by atoms with Gasteiger partial charge in [-0.3, -0.25) is 0 Å². The zero-order chi connectivity index (χ0) is 13.0. The van der Waals surface area contributed by atoms with E-state index in [0.717, 1.165) is 23.7 Å². The molecule has 0 spiro atoms. The molecule has 0 bridgehead atoms. The van der Waals surface area contributed by atoms with Crippen molar-refractivity contribution in [3.8, 4) is 0 Å². The van der Waals surface area contributed by atoms with Crippen LogP contribution in [0.3, 0.4) is 0 Å². The molecule has 1 unspecified atom stereocenters. The maximum absolute atomic E-state index is 6.00. The van der Waals surface area contributed by atoms with Gasteiger partial charge in [-0.05, 0) is 35.2 Å². The van der Waals surface area contributed by atoms with E-state index in [1.54, 1.807) is 7.05 Å². The monoisotopic (exact) mass is 284 g/mol. The van der Waals surface area contributed by atoms with Gasteiger partial charge >= 0.3 is 0 Å². The summed E-state index contributed by atoms with van der Waals surface area (Å²) in [6.45, 7) is 0. The lowest BCUT2D eigenvalue weighted by atomic mass is 9.98. The molecule has 1 heterocycles. The Balaban J connectivity index is 1.99. The summed E-state index contributed by atoms with van der Waals surface area (Å²) in [5.74, 6) is 1.61. The zero-order valence-corrected chi connectivity index (χ0v) is 11.6. The maximum Gasteiger partial charge on any atom is 0.175 e. The Morgan fingerprint density at radius 3 is 2.50 bits per heavy atom. The maximum atomic E-state index is 6.00. The van der Waals surface area contributed by atoms with E-state index in [0.29, 0.717) is 11.8 Å². The Morgan fingerprint density at radius 2 is 1.94 bits per heavy atom. The van der Waals surface area contributed by atoms with E-state index < -0.39 is 0 Å². The molecule has 0 aliphatic carbocycles. The van der Waals surface area contributed by atoms with Crippen LogP contribution in [0.15, 0.2) is 24.3 Å². The predicted molar refractivity (Wildman–Crippen MR) is 71.9 cm³/mol. The van der Waals surface area contributed by atoms with Crippen molar-refractivity contribution in [2.45, 2.75) is 12.8 Å². The molecule has 1 atom stereocenters. The highest BCUT2D eigenvalue weighted by molar-refractivity contribution is 6.30. The summed E-state index contributed by atoms with van der Waals surface area (Å²) in [4.78, 5) is 1.46. The summed E-state index contributed by atoms with van der Waals surface area (Å²) in [7, 11) is 1.76. The Morgan fingerprint density at radius 1 is 1.22 bits per heavy atom. The fourth-order valence-electron chi connectivity index (χ4n) is 1.80. The Labute approximate surface area is 116 Å². The quantitative estimate of drug-likeness (QED) is 0.793. The van der Waals surface area contributed by atoms with Crippen molar-refractivity contribution in [3.63, 3.8) is 0 Å². The summed E-state index contributed by atoms with van der Waals surface area (Å²) in [6.07, 6.45) is 1.62. The van der Waals surface area contributed by atoms with E-state index in [4.69, 9.17) is 23.2 Å². The molecule has 0 saturated carbocycles. The van der Waals surface area contributed by atoms with Crippen LogP contribution < -0.4 is 0 Å². The zero-order valence-electron chi connectivity index (χ0n) is 10.1. The Kier molecular flexibility index (Phi) is 4.55. The third-order valence-corrected chi connectivity index (χ3v) is 3.37. The second kappa shape index (κ2) is 6.16. The first-order valence-corrected chi connectivity index (χ1v) is 6.62. The lowest BCUT2D eigenvalue weighted by Crippen LogP contribution is -2.11. The van der Waals surface area contributed by atoms with Gasteiger partial charge in [0.15, 0.2) is 5.82 Å². The van der Waals surface area contributed by atoms with Crippen LogP contribution in [0.5, 0.6) is 0 Å². The lowest BCUT2D eigenvalue weighted by Gasteiger charge is -2.11. The van der Waals surface area contributed by atoms with Crippen LogP contribution in [-0.4, -0.2) is 26.1 Å². The molecule has 6 heteroatoms. The van der Waals surface area contributed by atoms with Crippen molar-refractivity contribution in [3.05, 3.63) is 40.7 Å². The summed E-state index contributed by atoms with van der Waals surface area (Å²) in [6, 6.07) is 7.82. The molecule has 0 radical (unpaired) electrons. The fraction of sp³-hybridized carbons (Fsp3) is 0.417.